The van der Waals surface area contributed by atoms with Gasteiger partial charge in [-0.05, 0) is 73.7 Å². The van der Waals surface area contributed by atoms with E-state index in [1.165, 1.54) is 0 Å². The number of ether oxygens (including phenoxy) is 2. The predicted molar refractivity (Wildman–Crippen MR) is 141 cm³/mol. The summed E-state index contributed by atoms with van der Waals surface area (Å²) in [4.78, 5) is 16.3. The Hall–Kier alpha value is -3.36. The third-order valence-electron chi connectivity index (χ3n) is 5.95. The van der Waals surface area contributed by atoms with E-state index in [0.717, 1.165) is 35.7 Å². The van der Waals surface area contributed by atoms with E-state index in [-0.39, 0.29) is 12.1 Å². The normalized spacial score (nSPS) is 18.2. The van der Waals surface area contributed by atoms with E-state index in [9.17, 15) is 4.79 Å². The van der Waals surface area contributed by atoms with Crippen LogP contribution in [0.15, 0.2) is 76.2 Å². The average molecular weight is 537 g/mol. The van der Waals surface area contributed by atoms with Gasteiger partial charge in [0.2, 0.25) is 5.91 Å². The molecule has 0 aliphatic heterocycles. The number of halogens is 1. The van der Waals surface area contributed by atoms with Crippen LogP contribution in [-0.4, -0.2) is 23.8 Å². The van der Waals surface area contributed by atoms with Gasteiger partial charge in [0.05, 0.1) is 11.6 Å². The zero-order valence-electron chi connectivity index (χ0n) is 19.3. The van der Waals surface area contributed by atoms with Gasteiger partial charge >= 0.3 is 0 Å². The number of nitrogens with zero attached hydrogens (tertiary/aromatic N) is 1. The summed E-state index contributed by atoms with van der Waals surface area (Å²) in [6.07, 6.45) is 3.75. The summed E-state index contributed by atoms with van der Waals surface area (Å²) in [6, 6.07) is 20.5. The number of aliphatic imine (C=N–C) groups is 1. The van der Waals surface area contributed by atoms with Crippen molar-refractivity contribution in [1.29, 1.82) is 0 Å². The quantitative estimate of drug-likeness (QED) is 0.279. The summed E-state index contributed by atoms with van der Waals surface area (Å²) in [7, 11) is 0. The summed E-state index contributed by atoms with van der Waals surface area (Å²) in [5.74, 6) is 1.51. The van der Waals surface area contributed by atoms with Crippen molar-refractivity contribution in [2.45, 2.75) is 44.4 Å². The van der Waals surface area contributed by atoms with Crippen LogP contribution >= 0.6 is 15.9 Å². The number of amides is 1. The van der Waals surface area contributed by atoms with Gasteiger partial charge in [-0.15, -0.1) is 0 Å². The summed E-state index contributed by atoms with van der Waals surface area (Å²) in [5, 5.41) is 0. The Labute approximate surface area is 213 Å². The molecule has 7 nitrogen and oxygen atoms in total. The maximum atomic E-state index is 11.5. The molecule has 6 N–H and O–H groups in total. The number of nitrogens with two attached hydrogens (primary N) is 3. The van der Waals surface area contributed by atoms with E-state index in [1.807, 2.05) is 30.3 Å². The van der Waals surface area contributed by atoms with Gasteiger partial charge in [0.1, 0.15) is 29.7 Å². The fourth-order valence-corrected chi connectivity index (χ4v) is 4.25. The minimum absolute atomic E-state index is 0.154. The molecule has 0 spiro atoms. The minimum Gasteiger partial charge on any atom is -0.488 e. The Morgan fingerprint density at radius 1 is 0.943 bits per heavy atom. The lowest BCUT2D eigenvalue weighted by Crippen LogP contribution is -2.29. The molecule has 182 valence electrons. The molecule has 1 saturated carbocycles. The number of primary amides is 1. The second-order valence-electron chi connectivity index (χ2n) is 8.65. The number of carbonyl (C=O) groups is 1. The lowest BCUT2D eigenvalue weighted by atomic mass is 9.92. The first-order valence-corrected chi connectivity index (χ1v) is 12.3. The van der Waals surface area contributed by atoms with Gasteiger partial charge in [0, 0.05) is 22.1 Å². The molecule has 1 aliphatic rings. The molecule has 0 atom stereocenters. The zero-order valence-corrected chi connectivity index (χ0v) is 20.9. The van der Waals surface area contributed by atoms with Gasteiger partial charge in [-0.2, -0.15) is 0 Å². The number of benzene rings is 3. The Bertz CT molecular complexity index is 1210. The molecule has 1 amide bonds. The predicted octanol–water partition coefficient (Wildman–Crippen LogP) is 4.89. The Morgan fingerprint density at radius 2 is 1.66 bits per heavy atom. The molecule has 0 unspecified atom stereocenters. The monoisotopic (exact) mass is 536 g/mol. The topological polar surface area (TPSA) is 126 Å². The van der Waals surface area contributed by atoms with E-state index < -0.39 is 5.91 Å². The van der Waals surface area contributed by atoms with Crippen LogP contribution in [0, 0.1) is 0 Å². The molecule has 1 fully saturated rings. The van der Waals surface area contributed by atoms with Crippen molar-refractivity contribution in [2.75, 3.05) is 0 Å². The second kappa shape index (κ2) is 11.4. The molecule has 8 heteroatoms. The fourth-order valence-electron chi connectivity index (χ4n) is 3.98. The van der Waals surface area contributed by atoms with E-state index in [0.29, 0.717) is 40.8 Å². The van der Waals surface area contributed by atoms with Crippen molar-refractivity contribution < 1.29 is 14.3 Å². The Morgan fingerprint density at radius 3 is 2.37 bits per heavy atom. The van der Waals surface area contributed by atoms with Gasteiger partial charge in [-0.3, -0.25) is 9.79 Å². The molecular weight excluding hydrogens is 508 g/mol. The molecular formula is C27H29BrN4O3. The van der Waals surface area contributed by atoms with Crippen molar-refractivity contribution in [3.63, 3.8) is 0 Å². The summed E-state index contributed by atoms with van der Waals surface area (Å²) >= 11 is 3.45. The van der Waals surface area contributed by atoms with Crippen LogP contribution in [0.4, 0.5) is 0 Å². The van der Waals surface area contributed by atoms with Crippen LogP contribution in [0.25, 0.3) is 0 Å². The summed E-state index contributed by atoms with van der Waals surface area (Å²) < 4.78 is 13.2. The Kier molecular flexibility index (Phi) is 8.05. The van der Waals surface area contributed by atoms with E-state index >= 15 is 0 Å². The van der Waals surface area contributed by atoms with Gasteiger partial charge in [0.15, 0.2) is 0 Å². The molecule has 0 saturated heterocycles. The highest BCUT2D eigenvalue weighted by atomic mass is 79.9. The molecule has 4 rings (SSSR count). The number of carbonyl (C=O) groups excluding carboxylic acids is 1. The van der Waals surface area contributed by atoms with Crippen LogP contribution in [0.5, 0.6) is 17.2 Å². The average Bonchev–Trinajstić information content (AvgIpc) is 2.85. The highest BCUT2D eigenvalue weighted by Crippen LogP contribution is 2.30. The lowest BCUT2D eigenvalue weighted by Gasteiger charge is -2.23. The lowest BCUT2D eigenvalue weighted by molar-refractivity contribution is 0.1000. The molecule has 35 heavy (non-hydrogen) atoms. The zero-order chi connectivity index (χ0) is 24.8. The molecule has 0 aromatic heterocycles. The van der Waals surface area contributed by atoms with Crippen LogP contribution in [-0.2, 0) is 6.61 Å². The maximum Gasteiger partial charge on any atom is 0.248 e. The molecule has 3 aromatic carbocycles. The smallest absolute Gasteiger partial charge is 0.248 e. The number of rotatable bonds is 8. The van der Waals surface area contributed by atoms with Crippen molar-refractivity contribution in [3.05, 3.63) is 87.9 Å². The summed E-state index contributed by atoms with van der Waals surface area (Å²) in [6.45, 7) is 0.354. The van der Waals surface area contributed by atoms with Crippen molar-refractivity contribution in [3.8, 4) is 17.2 Å². The van der Waals surface area contributed by atoms with Gasteiger partial charge in [-0.25, -0.2) is 0 Å². The van der Waals surface area contributed by atoms with E-state index in [1.54, 1.807) is 36.4 Å². The van der Waals surface area contributed by atoms with Gasteiger partial charge in [0.25, 0.3) is 0 Å². The van der Waals surface area contributed by atoms with E-state index in [4.69, 9.17) is 31.7 Å². The third kappa shape index (κ3) is 6.83. The highest BCUT2D eigenvalue weighted by molar-refractivity contribution is 9.10. The standard InChI is InChI=1S/C27H29BrN4O3/c28-19-6-4-17(5-7-19)16-34-25-15-23(35-22-3-1-2-18(14-22)27(31)33)12-13-24(25)26(30)32-21-10-8-20(29)9-11-21/h1-7,12-15,20-21H,8-11,16,29H2,(H2,30,32)(H2,31,33). The fraction of sp³-hybridized carbons (Fsp3) is 0.259. The number of hydrogen-bond acceptors (Lipinski definition) is 5. The maximum absolute atomic E-state index is 11.5. The first-order valence-electron chi connectivity index (χ1n) is 11.6. The SMILES string of the molecule is NC(=O)c1cccc(Oc2ccc(C(N)=NC3CCC(N)CC3)c(OCc3ccc(Br)cc3)c2)c1. The first-order chi connectivity index (χ1) is 16.9. The van der Waals surface area contributed by atoms with Crippen LogP contribution in [0.1, 0.15) is 47.2 Å². The van der Waals surface area contributed by atoms with Crippen LogP contribution < -0.4 is 26.7 Å². The van der Waals surface area contributed by atoms with Gasteiger partial charge in [-0.1, -0.05) is 34.1 Å². The molecule has 1 aliphatic carbocycles. The third-order valence-corrected chi connectivity index (χ3v) is 6.48. The van der Waals surface area contributed by atoms with Crippen molar-refractivity contribution >= 4 is 27.7 Å². The molecule has 3 aromatic rings. The molecule has 0 radical (unpaired) electrons. The highest BCUT2D eigenvalue weighted by Gasteiger charge is 2.19. The minimum atomic E-state index is -0.517. The first kappa shape index (κ1) is 24.8. The van der Waals surface area contributed by atoms with Crippen LogP contribution in [0.2, 0.25) is 0 Å². The van der Waals surface area contributed by atoms with Crippen LogP contribution in [0.3, 0.4) is 0 Å². The largest absolute Gasteiger partial charge is 0.488 e. The molecule has 0 heterocycles. The van der Waals surface area contributed by atoms with Crippen molar-refractivity contribution in [1.82, 2.24) is 0 Å². The van der Waals surface area contributed by atoms with Crippen molar-refractivity contribution in [2.24, 2.45) is 22.2 Å². The Balaban J connectivity index is 1.59. The summed E-state index contributed by atoms with van der Waals surface area (Å²) in [5.41, 5.74) is 20.0. The van der Waals surface area contributed by atoms with Gasteiger partial charge < -0.3 is 26.7 Å². The molecule has 0 bridgehead atoms. The number of hydrogen-bond donors (Lipinski definition) is 3. The number of amidine groups is 1. The second-order valence-corrected chi connectivity index (χ2v) is 9.57. The van der Waals surface area contributed by atoms with E-state index in [2.05, 4.69) is 15.9 Å².